The Hall–Kier alpha value is -1.62. The van der Waals surface area contributed by atoms with Crippen molar-refractivity contribution in [3.63, 3.8) is 0 Å². The molecule has 1 aliphatic rings. The molecule has 0 spiro atoms. The second kappa shape index (κ2) is 6.35. The van der Waals surface area contributed by atoms with Crippen molar-refractivity contribution in [3.8, 4) is 0 Å². The van der Waals surface area contributed by atoms with Crippen LogP contribution < -0.4 is 5.32 Å². The highest BCUT2D eigenvalue weighted by molar-refractivity contribution is 5.93. The van der Waals surface area contributed by atoms with Crippen molar-refractivity contribution in [1.29, 1.82) is 0 Å². The molecular formula is C13H19N3O2. The van der Waals surface area contributed by atoms with Gasteiger partial charge < -0.3 is 15.3 Å². The Morgan fingerprint density at radius 3 is 2.94 bits per heavy atom. The highest BCUT2D eigenvalue weighted by Gasteiger charge is 2.11. The number of carbonyl (C=O) groups is 1. The fourth-order valence-corrected chi connectivity index (χ4v) is 2.25. The Kier molecular flexibility index (Phi) is 4.52. The van der Waals surface area contributed by atoms with Crippen molar-refractivity contribution < 1.29 is 9.90 Å². The molecule has 2 N–H and O–H groups in total. The van der Waals surface area contributed by atoms with Crippen LogP contribution in [0.4, 0.5) is 5.69 Å². The number of hydrogen-bond donors (Lipinski definition) is 2. The van der Waals surface area contributed by atoms with Crippen LogP contribution in [0.25, 0.3) is 0 Å². The number of aromatic carboxylic acids is 1. The van der Waals surface area contributed by atoms with Crippen LogP contribution >= 0.6 is 0 Å². The minimum atomic E-state index is -0.917. The summed E-state index contributed by atoms with van der Waals surface area (Å²) in [4.78, 5) is 17.4. The predicted octanol–water partition coefficient (Wildman–Crippen LogP) is 1.68. The van der Waals surface area contributed by atoms with E-state index in [-0.39, 0.29) is 5.56 Å². The molecule has 5 heteroatoms. The number of pyridine rings is 1. The molecule has 1 aromatic rings. The first-order chi connectivity index (χ1) is 8.77. The molecule has 1 aromatic heterocycles. The maximum atomic E-state index is 11.0. The van der Waals surface area contributed by atoms with E-state index in [0.717, 1.165) is 19.5 Å². The summed E-state index contributed by atoms with van der Waals surface area (Å²) in [6.07, 6.45) is 6.70. The van der Waals surface area contributed by atoms with E-state index in [1.807, 2.05) is 0 Å². The Balaban J connectivity index is 1.77. The number of anilines is 1. The largest absolute Gasteiger partial charge is 0.478 e. The van der Waals surface area contributed by atoms with Gasteiger partial charge in [0.05, 0.1) is 17.4 Å². The minimum Gasteiger partial charge on any atom is -0.478 e. The van der Waals surface area contributed by atoms with Gasteiger partial charge in [-0.05, 0) is 45.0 Å². The molecule has 0 amide bonds. The van der Waals surface area contributed by atoms with E-state index in [2.05, 4.69) is 15.2 Å². The molecule has 18 heavy (non-hydrogen) atoms. The predicted molar refractivity (Wildman–Crippen MR) is 70.0 cm³/mol. The van der Waals surface area contributed by atoms with Crippen LogP contribution in [-0.4, -0.2) is 47.1 Å². The first-order valence-corrected chi connectivity index (χ1v) is 6.41. The van der Waals surface area contributed by atoms with Crippen LogP contribution in [0.3, 0.4) is 0 Å². The molecule has 98 valence electrons. The quantitative estimate of drug-likeness (QED) is 0.751. The Morgan fingerprint density at radius 1 is 1.44 bits per heavy atom. The maximum absolute atomic E-state index is 11.0. The van der Waals surface area contributed by atoms with E-state index in [9.17, 15) is 4.79 Å². The van der Waals surface area contributed by atoms with E-state index in [0.29, 0.717) is 5.69 Å². The normalized spacial score (nSPS) is 15.8. The zero-order chi connectivity index (χ0) is 12.8. The Labute approximate surface area is 107 Å². The van der Waals surface area contributed by atoms with Crippen molar-refractivity contribution in [2.75, 3.05) is 31.5 Å². The van der Waals surface area contributed by atoms with Gasteiger partial charge in [-0.3, -0.25) is 4.98 Å². The van der Waals surface area contributed by atoms with E-state index in [1.165, 1.54) is 38.2 Å². The van der Waals surface area contributed by atoms with Gasteiger partial charge in [0, 0.05) is 12.7 Å². The van der Waals surface area contributed by atoms with Gasteiger partial charge in [-0.15, -0.1) is 0 Å². The maximum Gasteiger partial charge on any atom is 0.337 e. The summed E-state index contributed by atoms with van der Waals surface area (Å²) in [6, 6.07) is 1.52. The average molecular weight is 249 g/mol. The molecular weight excluding hydrogens is 230 g/mol. The fraction of sp³-hybridized carbons (Fsp3) is 0.538. The second-order valence-corrected chi connectivity index (χ2v) is 4.56. The van der Waals surface area contributed by atoms with Crippen LogP contribution in [0.15, 0.2) is 18.5 Å². The van der Waals surface area contributed by atoms with Crippen LogP contribution in [0.5, 0.6) is 0 Å². The molecule has 0 bridgehead atoms. The fourth-order valence-electron chi connectivity index (χ4n) is 2.25. The van der Waals surface area contributed by atoms with Gasteiger partial charge in [0.2, 0.25) is 0 Å². The molecule has 0 saturated carbocycles. The number of rotatable bonds is 6. The van der Waals surface area contributed by atoms with Gasteiger partial charge in [0.15, 0.2) is 0 Å². The number of aromatic nitrogens is 1. The number of hydrogen-bond acceptors (Lipinski definition) is 4. The lowest BCUT2D eigenvalue weighted by molar-refractivity contribution is 0.0698. The Bertz CT molecular complexity index is 403. The Morgan fingerprint density at radius 2 is 2.22 bits per heavy atom. The van der Waals surface area contributed by atoms with Crippen LogP contribution in [0, 0.1) is 0 Å². The molecule has 2 heterocycles. The third kappa shape index (κ3) is 3.43. The van der Waals surface area contributed by atoms with Gasteiger partial charge in [0.1, 0.15) is 0 Å². The van der Waals surface area contributed by atoms with E-state index >= 15 is 0 Å². The van der Waals surface area contributed by atoms with Gasteiger partial charge in [-0.25, -0.2) is 4.79 Å². The highest BCUT2D eigenvalue weighted by Crippen LogP contribution is 2.13. The van der Waals surface area contributed by atoms with E-state index in [4.69, 9.17) is 5.11 Å². The van der Waals surface area contributed by atoms with Crippen molar-refractivity contribution in [2.45, 2.75) is 19.3 Å². The average Bonchev–Trinajstić information content (AvgIpc) is 2.88. The van der Waals surface area contributed by atoms with Gasteiger partial charge in [0.25, 0.3) is 0 Å². The molecule has 0 aromatic carbocycles. The summed E-state index contributed by atoms with van der Waals surface area (Å²) >= 11 is 0. The van der Waals surface area contributed by atoms with Crippen molar-refractivity contribution in [2.24, 2.45) is 0 Å². The summed E-state index contributed by atoms with van der Waals surface area (Å²) < 4.78 is 0. The van der Waals surface area contributed by atoms with Crippen molar-refractivity contribution in [1.82, 2.24) is 9.88 Å². The lowest BCUT2D eigenvalue weighted by atomic mass is 10.2. The summed E-state index contributed by atoms with van der Waals surface area (Å²) in [5.41, 5.74) is 0.887. The van der Waals surface area contributed by atoms with E-state index in [1.54, 1.807) is 6.20 Å². The molecule has 1 saturated heterocycles. The molecule has 1 fully saturated rings. The SMILES string of the molecule is O=C(O)c1ccncc1NCCCN1CCCC1. The van der Waals surface area contributed by atoms with Gasteiger partial charge in [-0.1, -0.05) is 0 Å². The molecule has 5 nitrogen and oxygen atoms in total. The lowest BCUT2D eigenvalue weighted by Crippen LogP contribution is -2.22. The van der Waals surface area contributed by atoms with E-state index < -0.39 is 5.97 Å². The van der Waals surface area contributed by atoms with Crippen LogP contribution in [-0.2, 0) is 0 Å². The molecule has 1 aliphatic heterocycles. The summed E-state index contributed by atoms with van der Waals surface area (Å²) in [7, 11) is 0. The van der Waals surface area contributed by atoms with Crippen LogP contribution in [0.2, 0.25) is 0 Å². The molecule has 0 unspecified atom stereocenters. The monoisotopic (exact) mass is 249 g/mol. The first-order valence-electron chi connectivity index (χ1n) is 6.41. The minimum absolute atomic E-state index is 0.283. The van der Waals surface area contributed by atoms with Crippen molar-refractivity contribution >= 4 is 11.7 Å². The second-order valence-electron chi connectivity index (χ2n) is 4.56. The number of likely N-dealkylation sites (tertiary alicyclic amines) is 1. The number of nitrogens with one attached hydrogen (secondary N) is 1. The third-order valence-corrected chi connectivity index (χ3v) is 3.22. The zero-order valence-corrected chi connectivity index (χ0v) is 10.4. The van der Waals surface area contributed by atoms with Gasteiger partial charge >= 0.3 is 5.97 Å². The first kappa shape index (κ1) is 12.8. The third-order valence-electron chi connectivity index (χ3n) is 3.22. The smallest absolute Gasteiger partial charge is 0.337 e. The van der Waals surface area contributed by atoms with Crippen LogP contribution in [0.1, 0.15) is 29.6 Å². The van der Waals surface area contributed by atoms with Crippen molar-refractivity contribution in [3.05, 3.63) is 24.0 Å². The molecule has 0 aliphatic carbocycles. The molecule has 0 radical (unpaired) electrons. The topological polar surface area (TPSA) is 65.5 Å². The number of nitrogens with zero attached hydrogens (tertiary/aromatic N) is 2. The highest BCUT2D eigenvalue weighted by atomic mass is 16.4. The standard InChI is InChI=1S/C13H19N3O2/c17-13(18)11-4-6-14-10-12(11)15-5-3-9-16-7-1-2-8-16/h4,6,10,15H,1-3,5,7-9H2,(H,17,18). The zero-order valence-electron chi connectivity index (χ0n) is 10.4. The number of carboxylic acids is 1. The lowest BCUT2D eigenvalue weighted by Gasteiger charge is -2.15. The molecule has 2 rings (SSSR count). The summed E-state index contributed by atoms with van der Waals surface area (Å²) in [5, 5.41) is 12.2. The van der Waals surface area contributed by atoms with Gasteiger partial charge in [-0.2, -0.15) is 0 Å². The molecule has 0 atom stereocenters. The summed E-state index contributed by atoms with van der Waals surface area (Å²) in [6.45, 7) is 4.26. The number of carboxylic acid groups (broad SMARTS) is 1. The summed E-state index contributed by atoms with van der Waals surface area (Å²) in [5.74, 6) is -0.917.